The molecule has 28 heavy (non-hydrogen) atoms. The van der Waals surface area contributed by atoms with E-state index in [4.69, 9.17) is 0 Å². The molecule has 0 aliphatic heterocycles. The van der Waals surface area contributed by atoms with Crippen molar-refractivity contribution in [3.05, 3.63) is 59.7 Å². The number of hydrogen-bond donors (Lipinski definition) is 3. The lowest BCUT2D eigenvalue weighted by Crippen LogP contribution is -2.37. The summed E-state index contributed by atoms with van der Waals surface area (Å²) in [4.78, 5) is 18.8. The van der Waals surface area contributed by atoms with E-state index in [1.807, 2.05) is 24.3 Å². The maximum absolute atomic E-state index is 13.2. The van der Waals surface area contributed by atoms with Crippen molar-refractivity contribution < 1.29 is 18.0 Å². The lowest BCUT2D eigenvalue weighted by Gasteiger charge is -2.32. The number of nitrogens with one attached hydrogen (secondary N) is 3. The molecule has 1 atom stereocenters. The number of aromatic nitrogens is 2. The summed E-state index contributed by atoms with van der Waals surface area (Å²) in [5.41, 5.74) is 0.407. The van der Waals surface area contributed by atoms with Gasteiger partial charge in [-0.15, -0.1) is 0 Å². The molecule has 0 aliphatic carbocycles. The molecule has 5 nitrogen and oxygen atoms in total. The molecule has 0 saturated heterocycles. The molecule has 1 unspecified atom stereocenters. The predicted octanol–water partition coefficient (Wildman–Crippen LogP) is 4.44. The normalized spacial score (nSPS) is 13.9. The zero-order chi connectivity index (χ0) is 20.4. The van der Waals surface area contributed by atoms with Crippen molar-refractivity contribution in [1.82, 2.24) is 15.3 Å². The highest BCUT2D eigenvalue weighted by atomic mass is 19.4. The molecule has 0 fully saturated rings. The van der Waals surface area contributed by atoms with Crippen LogP contribution in [0.25, 0.3) is 11.0 Å². The maximum atomic E-state index is 13.2. The van der Waals surface area contributed by atoms with Gasteiger partial charge in [-0.1, -0.05) is 24.3 Å². The SMILES string of the molecule is CC(=O)NCCC(C)(Nc1nc2ccccc2[nH]1)c1cccc(C(F)(F)F)c1. The summed E-state index contributed by atoms with van der Waals surface area (Å²) >= 11 is 0. The van der Waals surface area contributed by atoms with Crippen molar-refractivity contribution in [3.8, 4) is 0 Å². The van der Waals surface area contributed by atoms with E-state index in [1.54, 1.807) is 13.0 Å². The number of para-hydroxylation sites is 2. The van der Waals surface area contributed by atoms with Crippen LogP contribution in [0.2, 0.25) is 0 Å². The highest BCUT2D eigenvalue weighted by Crippen LogP contribution is 2.34. The highest BCUT2D eigenvalue weighted by molar-refractivity contribution is 5.77. The molecule has 3 aromatic rings. The zero-order valence-electron chi connectivity index (χ0n) is 15.5. The lowest BCUT2D eigenvalue weighted by molar-refractivity contribution is -0.137. The van der Waals surface area contributed by atoms with E-state index in [0.717, 1.165) is 23.2 Å². The summed E-state index contributed by atoms with van der Waals surface area (Å²) in [5, 5.41) is 5.92. The van der Waals surface area contributed by atoms with Crippen LogP contribution in [0, 0.1) is 0 Å². The van der Waals surface area contributed by atoms with Crippen LogP contribution >= 0.6 is 0 Å². The average Bonchev–Trinajstić information content (AvgIpc) is 3.02. The molecule has 148 valence electrons. The monoisotopic (exact) mass is 390 g/mol. The summed E-state index contributed by atoms with van der Waals surface area (Å²) in [7, 11) is 0. The third kappa shape index (κ3) is 4.44. The van der Waals surface area contributed by atoms with Gasteiger partial charge in [0.25, 0.3) is 0 Å². The van der Waals surface area contributed by atoms with Gasteiger partial charge in [0.1, 0.15) is 0 Å². The van der Waals surface area contributed by atoms with Crippen LogP contribution in [0.1, 0.15) is 31.4 Å². The summed E-state index contributed by atoms with van der Waals surface area (Å²) < 4.78 is 39.6. The van der Waals surface area contributed by atoms with E-state index in [1.165, 1.54) is 13.0 Å². The number of H-pyrrole nitrogens is 1. The van der Waals surface area contributed by atoms with Crippen LogP contribution in [0.3, 0.4) is 0 Å². The molecule has 0 spiro atoms. The number of amides is 1. The molecule has 3 N–H and O–H groups in total. The van der Waals surface area contributed by atoms with Gasteiger partial charge in [0.2, 0.25) is 11.9 Å². The average molecular weight is 390 g/mol. The first kappa shape index (κ1) is 19.7. The number of nitrogens with zero attached hydrogens (tertiary/aromatic N) is 1. The molecule has 0 radical (unpaired) electrons. The Hall–Kier alpha value is -3.03. The van der Waals surface area contributed by atoms with Crippen LogP contribution in [0.15, 0.2) is 48.5 Å². The fourth-order valence-electron chi connectivity index (χ4n) is 3.08. The van der Waals surface area contributed by atoms with Gasteiger partial charge in [0.15, 0.2) is 0 Å². The molecule has 1 amide bonds. The largest absolute Gasteiger partial charge is 0.416 e. The van der Waals surface area contributed by atoms with Gasteiger partial charge in [-0.25, -0.2) is 4.98 Å². The van der Waals surface area contributed by atoms with Crippen molar-refractivity contribution >= 4 is 22.9 Å². The third-order valence-electron chi connectivity index (χ3n) is 4.61. The van der Waals surface area contributed by atoms with Gasteiger partial charge < -0.3 is 15.6 Å². The molecule has 0 saturated carbocycles. The lowest BCUT2D eigenvalue weighted by atomic mass is 9.87. The van der Waals surface area contributed by atoms with E-state index in [2.05, 4.69) is 20.6 Å². The second-order valence-corrected chi connectivity index (χ2v) is 6.87. The van der Waals surface area contributed by atoms with Gasteiger partial charge in [0.05, 0.1) is 22.1 Å². The Kier molecular flexibility index (Phi) is 5.31. The Morgan fingerprint density at radius 3 is 2.50 bits per heavy atom. The second kappa shape index (κ2) is 7.53. The van der Waals surface area contributed by atoms with Gasteiger partial charge in [-0.05, 0) is 43.2 Å². The van der Waals surface area contributed by atoms with Gasteiger partial charge in [0, 0.05) is 13.5 Å². The summed E-state index contributed by atoms with van der Waals surface area (Å²) in [6.07, 6.45) is -4.07. The van der Waals surface area contributed by atoms with Gasteiger partial charge in [-0.2, -0.15) is 13.2 Å². The fourth-order valence-corrected chi connectivity index (χ4v) is 3.08. The van der Waals surface area contributed by atoms with Crippen LogP contribution in [0.4, 0.5) is 19.1 Å². The molecule has 1 heterocycles. The van der Waals surface area contributed by atoms with E-state index in [9.17, 15) is 18.0 Å². The molecule has 1 aromatic heterocycles. The van der Waals surface area contributed by atoms with E-state index in [-0.39, 0.29) is 5.91 Å². The standard InChI is InChI=1S/C20H21F3N4O/c1-13(28)24-11-10-19(2,14-6-5-7-15(12-14)20(21,22)23)27-18-25-16-8-3-4-9-17(16)26-18/h3-9,12H,10-11H2,1-2H3,(H,24,28)(H2,25,26,27). The Balaban J connectivity index is 1.96. The van der Waals surface area contributed by atoms with Crippen molar-refractivity contribution in [2.75, 3.05) is 11.9 Å². The van der Waals surface area contributed by atoms with Gasteiger partial charge in [-0.3, -0.25) is 4.79 Å². The van der Waals surface area contributed by atoms with E-state index in [0.29, 0.717) is 24.5 Å². The second-order valence-electron chi connectivity index (χ2n) is 6.87. The number of aromatic amines is 1. The van der Waals surface area contributed by atoms with E-state index >= 15 is 0 Å². The van der Waals surface area contributed by atoms with Crippen molar-refractivity contribution in [2.24, 2.45) is 0 Å². The summed E-state index contributed by atoms with van der Waals surface area (Å²) in [5.74, 6) is 0.249. The molecule has 3 rings (SSSR count). The van der Waals surface area contributed by atoms with Gasteiger partial charge >= 0.3 is 6.18 Å². The Morgan fingerprint density at radius 1 is 1.11 bits per heavy atom. The van der Waals surface area contributed by atoms with Crippen LogP contribution in [-0.2, 0) is 16.5 Å². The number of imidazole rings is 1. The summed E-state index contributed by atoms with van der Waals surface area (Å²) in [6, 6.07) is 12.6. The Morgan fingerprint density at radius 2 is 1.82 bits per heavy atom. The number of benzene rings is 2. The van der Waals surface area contributed by atoms with Crippen molar-refractivity contribution in [1.29, 1.82) is 0 Å². The number of hydrogen-bond acceptors (Lipinski definition) is 3. The molecular weight excluding hydrogens is 369 g/mol. The number of anilines is 1. The van der Waals surface area contributed by atoms with Crippen molar-refractivity contribution in [3.63, 3.8) is 0 Å². The number of fused-ring (bicyclic) bond motifs is 1. The molecule has 0 aliphatic rings. The predicted molar refractivity (Wildman–Crippen MR) is 102 cm³/mol. The van der Waals surface area contributed by atoms with Crippen molar-refractivity contribution in [2.45, 2.75) is 32.0 Å². The number of rotatable bonds is 6. The molecular formula is C20H21F3N4O. The quantitative estimate of drug-likeness (QED) is 0.583. The smallest absolute Gasteiger partial charge is 0.356 e. The number of carbonyl (C=O) groups excluding carboxylic acids is 1. The molecule has 0 bridgehead atoms. The first-order chi connectivity index (χ1) is 13.2. The third-order valence-corrected chi connectivity index (χ3v) is 4.61. The molecule has 2 aromatic carbocycles. The zero-order valence-corrected chi connectivity index (χ0v) is 15.5. The molecule has 8 heteroatoms. The topological polar surface area (TPSA) is 69.8 Å². The first-order valence-corrected chi connectivity index (χ1v) is 8.82. The number of alkyl halides is 3. The maximum Gasteiger partial charge on any atom is 0.416 e. The minimum absolute atomic E-state index is 0.199. The summed E-state index contributed by atoms with van der Waals surface area (Å²) in [6.45, 7) is 3.49. The Labute approximate surface area is 160 Å². The fraction of sp³-hybridized carbons (Fsp3) is 0.300. The highest BCUT2D eigenvalue weighted by Gasteiger charge is 2.34. The van der Waals surface area contributed by atoms with Crippen LogP contribution in [0.5, 0.6) is 0 Å². The van der Waals surface area contributed by atoms with E-state index < -0.39 is 17.3 Å². The van der Waals surface area contributed by atoms with Crippen LogP contribution < -0.4 is 10.6 Å². The number of carbonyl (C=O) groups is 1. The first-order valence-electron chi connectivity index (χ1n) is 8.82. The minimum Gasteiger partial charge on any atom is -0.356 e. The Bertz CT molecular complexity index is 950. The van der Waals surface area contributed by atoms with Crippen LogP contribution in [-0.4, -0.2) is 22.4 Å². The number of halogens is 3. The minimum atomic E-state index is -4.44.